The molecular weight excluding hydrogens is 230 g/mol. The standard InChI is InChI=1S/C13H23N3O2/c1-4-7-14-10-12-15-8-9-16(12)11(5-2)13(17)18-6-3/h8-9,11,14H,4-7,10H2,1-3H3. The minimum absolute atomic E-state index is 0.185. The topological polar surface area (TPSA) is 56.2 Å². The van der Waals surface area contributed by atoms with Crippen LogP contribution in [-0.2, 0) is 16.1 Å². The highest BCUT2D eigenvalue weighted by molar-refractivity contribution is 5.74. The van der Waals surface area contributed by atoms with Gasteiger partial charge in [0, 0.05) is 12.4 Å². The van der Waals surface area contributed by atoms with Crippen LogP contribution in [0.25, 0.3) is 0 Å². The van der Waals surface area contributed by atoms with Gasteiger partial charge in [0.25, 0.3) is 0 Å². The van der Waals surface area contributed by atoms with Crippen LogP contribution in [0.1, 0.15) is 45.5 Å². The first-order valence-corrected chi connectivity index (χ1v) is 6.63. The van der Waals surface area contributed by atoms with Gasteiger partial charge in [0.1, 0.15) is 11.9 Å². The Kier molecular flexibility index (Phi) is 6.43. The summed E-state index contributed by atoms with van der Waals surface area (Å²) in [4.78, 5) is 16.2. The van der Waals surface area contributed by atoms with E-state index in [0.29, 0.717) is 19.6 Å². The SMILES string of the molecule is CCCNCc1nccn1C(CC)C(=O)OCC. The normalized spacial score (nSPS) is 12.4. The van der Waals surface area contributed by atoms with Crippen molar-refractivity contribution in [2.45, 2.75) is 46.2 Å². The zero-order chi connectivity index (χ0) is 13.4. The molecule has 5 heteroatoms. The van der Waals surface area contributed by atoms with Gasteiger partial charge in [-0.05, 0) is 26.3 Å². The maximum absolute atomic E-state index is 11.9. The van der Waals surface area contributed by atoms with Crippen molar-refractivity contribution < 1.29 is 9.53 Å². The van der Waals surface area contributed by atoms with Gasteiger partial charge in [-0.2, -0.15) is 0 Å². The molecule has 5 nitrogen and oxygen atoms in total. The molecule has 1 aromatic rings. The summed E-state index contributed by atoms with van der Waals surface area (Å²) in [7, 11) is 0. The summed E-state index contributed by atoms with van der Waals surface area (Å²) >= 11 is 0. The average Bonchev–Trinajstić information content (AvgIpc) is 2.79. The smallest absolute Gasteiger partial charge is 0.329 e. The van der Waals surface area contributed by atoms with Crippen molar-refractivity contribution >= 4 is 5.97 Å². The molecule has 0 spiro atoms. The molecular formula is C13H23N3O2. The van der Waals surface area contributed by atoms with Crippen LogP contribution >= 0.6 is 0 Å². The molecule has 1 N–H and O–H groups in total. The first-order valence-electron chi connectivity index (χ1n) is 6.63. The molecule has 1 atom stereocenters. The summed E-state index contributed by atoms with van der Waals surface area (Å²) < 4.78 is 6.99. The van der Waals surface area contributed by atoms with E-state index in [1.54, 1.807) is 6.20 Å². The third-order valence-corrected chi connectivity index (χ3v) is 2.74. The third kappa shape index (κ3) is 3.84. The summed E-state index contributed by atoms with van der Waals surface area (Å²) in [6, 6.07) is -0.272. The second kappa shape index (κ2) is 7.87. The van der Waals surface area contributed by atoms with E-state index in [9.17, 15) is 4.79 Å². The lowest BCUT2D eigenvalue weighted by Gasteiger charge is -2.17. The molecule has 1 aromatic heterocycles. The van der Waals surface area contributed by atoms with E-state index in [2.05, 4.69) is 17.2 Å². The Bertz CT molecular complexity index is 363. The summed E-state index contributed by atoms with van der Waals surface area (Å²) in [5, 5.41) is 3.29. The quantitative estimate of drug-likeness (QED) is 0.568. The van der Waals surface area contributed by atoms with Gasteiger partial charge in [-0.1, -0.05) is 13.8 Å². The van der Waals surface area contributed by atoms with Crippen LogP contribution in [0, 0.1) is 0 Å². The van der Waals surface area contributed by atoms with Crippen LogP contribution in [-0.4, -0.2) is 28.7 Å². The molecule has 0 saturated carbocycles. The van der Waals surface area contributed by atoms with Gasteiger partial charge in [-0.3, -0.25) is 0 Å². The number of ether oxygens (including phenoxy) is 1. The van der Waals surface area contributed by atoms with Crippen LogP contribution in [0.2, 0.25) is 0 Å². The van der Waals surface area contributed by atoms with Crippen LogP contribution < -0.4 is 5.32 Å². The van der Waals surface area contributed by atoms with Crippen LogP contribution in [0.5, 0.6) is 0 Å². The largest absolute Gasteiger partial charge is 0.464 e. The van der Waals surface area contributed by atoms with E-state index in [4.69, 9.17) is 4.74 Å². The number of nitrogens with one attached hydrogen (secondary N) is 1. The van der Waals surface area contributed by atoms with Gasteiger partial charge in [0.2, 0.25) is 0 Å². The maximum atomic E-state index is 11.9. The lowest BCUT2D eigenvalue weighted by molar-refractivity contribution is -0.147. The van der Waals surface area contributed by atoms with Gasteiger partial charge >= 0.3 is 5.97 Å². The van der Waals surface area contributed by atoms with Crippen molar-refractivity contribution in [3.8, 4) is 0 Å². The average molecular weight is 253 g/mol. The highest BCUT2D eigenvalue weighted by Crippen LogP contribution is 2.15. The molecule has 1 heterocycles. The Morgan fingerprint density at radius 3 is 2.89 bits per heavy atom. The van der Waals surface area contributed by atoms with Gasteiger partial charge in [-0.15, -0.1) is 0 Å². The van der Waals surface area contributed by atoms with E-state index in [1.165, 1.54) is 0 Å². The van der Waals surface area contributed by atoms with E-state index in [-0.39, 0.29) is 12.0 Å². The molecule has 0 aliphatic heterocycles. The summed E-state index contributed by atoms with van der Waals surface area (Å²) in [6.45, 7) is 7.95. The monoisotopic (exact) mass is 253 g/mol. The summed E-state index contributed by atoms with van der Waals surface area (Å²) in [5.74, 6) is 0.693. The Hall–Kier alpha value is -1.36. The number of hydrogen-bond donors (Lipinski definition) is 1. The fraction of sp³-hybridized carbons (Fsp3) is 0.692. The zero-order valence-electron chi connectivity index (χ0n) is 11.5. The Balaban J connectivity index is 2.73. The Labute approximate surface area is 109 Å². The van der Waals surface area contributed by atoms with Crippen LogP contribution in [0.15, 0.2) is 12.4 Å². The molecule has 0 aliphatic carbocycles. The van der Waals surface area contributed by atoms with E-state index >= 15 is 0 Å². The lowest BCUT2D eigenvalue weighted by Crippen LogP contribution is -2.25. The second-order valence-electron chi connectivity index (χ2n) is 4.10. The molecule has 0 radical (unpaired) electrons. The molecule has 18 heavy (non-hydrogen) atoms. The van der Waals surface area contributed by atoms with Gasteiger partial charge < -0.3 is 14.6 Å². The van der Waals surface area contributed by atoms with E-state index in [0.717, 1.165) is 18.8 Å². The summed E-state index contributed by atoms with van der Waals surface area (Å²) in [6.07, 6.45) is 5.35. The predicted molar refractivity (Wildman–Crippen MR) is 70.2 cm³/mol. The minimum Gasteiger partial charge on any atom is -0.464 e. The van der Waals surface area contributed by atoms with E-state index in [1.807, 2.05) is 24.6 Å². The van der Waals surface area contributed by atoms with Crippen molar-refractivity contribution in [3.05, 3.63) is 18.2 Å². The van der Waals surface area contributed by atoms with Crippen LogP contribution in [0.4, 0.5) is 0 Å². The molecule has 0 amide bonds. The first-order chi connectivity index (χ1) is 8.74. The molecule has 0 saturated heterocycles. The molecule has 1 unspecified atom stereocenters. The highest BCUT2D eigenvalue weighted by atomic mass is 16.5. The van der Waals surface area contributed by atoms with E-state index < -0.39 is 0 Å². The van der Waals surface area contributed by atoms with Gasteiger partial charge in [0.05, 0.1) is 13.2 Å². The molecule has 0 fully saturated rings. The van der Waals surface area contributed by atoms with Crippen LogP contribution in [0.3, 0.4) is 0 Å². The van der Waals surface area contributed by atoms with Gasteiger partial charge in [-0.25, -0.2) is 9.78 Å². The highest BCUT2D eigenvalue weighted by Gasteiger charge is 2.21. The van der Waals surface area contributed by atoms with Crippen molar-refractivity contribution in [2.75, 3.05) is 13.2 Å². The fourth-order valence-corrected chi connectivity index (χ4v) is 1.86. The Morgan fingerprint density at radius 1 is 1.50 bits per heavy atom. The number of carbonyl (C=O) groups excluding carboxylic acids is 1. The number of imidazole rings is 1. The number of aromatic nitrogens is 2. The van der Waals surface area contributed by atoms with Crippen molar-refractivity contribution in [2.24, 2.45) is 0 Å². The van der Waals surface area contributed by atoms with Crippen molar-refractivity contribution in [1.29, 1.82) is 0 Å². The zero-order valence-corrected chi connectivity index (χ0v) is 11.5. The van der Waals surface area contributed by atoms with Crippen molar-refractivity contribution in [1.82, 2.24) is 14.9 Å². The van der Waals surface area contributed by atoms with Gasteiger partial charge in [0.15, 0.2) is 0 Å². The number of hydrogen-bond acceptors (Lipinski definition) is 4. The molecule has 1 rings (SSSR count). The van der Waals surface area contributed by atoms with Crippen molar-refractivity contribution in [3.63, 3.8) is 0 Å². The summed E-state index contributed by atoms with van der Waals surface area (Å²) in [5.41, 5.74) is 0. The fourth-order valence-electron chi connectivity index (χ4n) is 1.86. The predicted octanol–water partition coefficient (Wildman–Crippen LogP) is 1.90. The number of nitrogens with zero attached hydrogens (tertiary/aromatic N) is 2. The Morgan fingerprint density at radius 2 is 2.28 bits per heavy atom. The number of rotatable bonds is 8. The first kappa shape index (κ1) is 14.7. The minimum atomic E-state index is -0.272. The molecule has 0 aliphatic rings. The molecule has 0 aromatic carbocycles. The number of esters is 1. The maximum Gasteiger partial charge on any atom is 0.329 e. The number of carbonyl (C=O) groups is 1. The lowest BCUT2D eigenvalue weighted by atomic mass is 10.2. The molecule has 102 valence electrons. The molecule has 0 bridgehead atoms. The second-order valence-corrected chi connectivity index (χ2v) is 4.10. The third-order valence-electron chi connectivity index (χ3n) is 2.74.